The Kier molecular flexibility index (Phi) is 4.33. The minimum absolute atomic E-state index is 0.0534. The summed E-state index contributed by atoms with van der Waals surface area (Å²) in [6.45, 7) is 0.847. The predicted octanol–water partition coefficient (Wildman–Crippen LogP) is 2.70. The molecule has 4 N–H and O–H groups in total. The highest BCUT2D eigenvalue weighted by atomic mass is 32.2. The van der Waals surface area contributed by atoms with Crippen LogP contribution in [0.15, 0.2) is 59.9 Å². The molecule has 0 bridgehead atoms. The number of benzene rings is 1. The number of hydrogen-bond donors (Lipinski definition) is 3. The molecule has 1 amide bonds. The van der Waals surface area contributed by atoms with Crippen molar-refractivity contribution in [3.05, 3.63) is 71.0 Å². The second-order valence-corrected chi connectivity index (χ2v) is 8.25. The van der Waals surface area contributed by atoms with E-state index in [2.05, 4.69) is 26.3 Å². The van der Waals surface area contributed by atoms with E-state index in [4.69, 9.17) is 5.73 Å². The van der Waals surface area contributed by atoms with E-state index >= 15 is 0 Å². The van der Waals surface area contributed by atoms with E-state index in [-0.39, 0.29) is 18.0 Å². The summed E-state index contributed by atoms with van der Waals surface area (Å²) >= 11 is 1.59. The molecule has 3 aromatic rings. The Morgan fingerprint density at radius 2 is 2.18 bits per heavy atom. The van der Waals surface area contributed by atoms with Gasteiger partial charge in [-0.1, -0.05) is 24.3 Å². The zero-order valence-corrected chi connectivity index (χ0v) is 16.1. The van der Waals surface area contributed by atoms with Gasteiger partial charge in [-0.05, 0) is 29.7 Å². The maximum absolute atomic E-state index is 12.9. The molecular formula is C21H21N5OS. The Hall–Kier alpha value is -2.77. The van der Waals surface area contributed by atoms with Crippen LogP contribution in [0.2, 0.25) is 0 Å². The number of carbonyl (C=O) groups is 1. The number of carbonyl (C=O) groups excluding carboxylic acids is 1. The van der Waals surface area contributed by atoms with Gasteiger partial charge < -0.3 is 20.9 Å². The summed E-state index contributed by atoms with van der Waals surface area (Å²) in [7, 11) is 0. The van der Waals surface area contributed by atoms with Gasteiger partial charge in [0.1, 0.15) is 5.65 Å². The zero-order valence-electron chi connectivity index (χ0n) is 15.3. The van der Waals surface area contributed by atoms with E-state index in [1.807, 2.05) is 42.7 Å². The van der Waals surface area contributed by atoms with Crippen LogP contribution >= 0.6 is 11.8 Å². The number of pyridine rings is 1. The Balaban J connectivity index is 1.36. The van der Waals surface area contributed by atoms with Crippen molar-refractivity contribution in [3.8, 4) is 0 Å². The summed E-state index contributed by atoms with van der Waals surface area (Å²) < 4.78 is 0. The van der Waals surface area contributed by atoms with Gasteiger partial charge in [-0.3, -0.25) is 4.79 Å². The van der Waals surface area contributed by atoms with E-state index in [1.165, 1.54) is 5.56 Å². The van der Waals surface area contributed by atoms with Crippen LogP contribution in [0, 0.1) is 0 Å². The summed E-state index contributed by atoms with van der Waals surface area (Å²) in [5, 5.41) is 4.21. The van der Waals surface area contributed by atoms with Crippen LogP contribution in [0.3, 0.4) is 0 Å². The van der Waals surface area contributed by atoms with Gasteiger partial charge in [-0.2, -0.15) is 0 Å². The Morgan fingerprint density at radius 1 is 1.29 bits per heavy atom. The van der Waals surface area contributed by atoms with E-state index < -0.39 is 0 Å². The molecule has 1 aliphatic heterocycles. The molecule has 7 heteroatoms. The van der Waals surface area contributed by atoms with Crippen molar-refractivity contribution in [1.82, 2.24) is 15.3 Å². The number of anilines is 1. The molecule has 0 saturated heterocycles. The first-order valence-electron chi connectivity index (χ1n) is 9.38. The second kappa shape index (κ2) is 7.00. The maximum Gasteiger partial charge on any atom is 0.259 e. The van der Waals surface area contributed by atoms with Gasteiger partial charge in [0.25, 0.3) is 5.91 Å². The maximum atomic E-state index is 12.9. The molecule has 0 unspecified atom stereocenters. The molecule has 6 nitrogen and oxygen atoms in total. The van der Waals surface area contributed by atoms with Crippen LogP contribution in [0.5, 0.6) is 0 Å². The molecule has 142 valence electrons. The van der Waals surface area contributed by atoms with Crippen molar-refractivity contribution in [1.29, 1.82) is 0 Å². The topological polar surface area (TPSA) is 87.0 Å². The lowest BCUT2D eigenvalue weighted by molar-refractivity contribution is -0.117. The number of fused-ring (bicyclic) bond motifs is 2. The van der Waals surface area contributed by atoms with Crippen molar-refractivity contribution in [2.24, 2.45) is 5.73 Å². The third-order valence-electron chi connectivity index (χ3n) is 5.44. The quantitative estimate of drug-likeness (QED) is 0.639. The van der Waals surface area contributed by atoms with Crippen LogP contribution in [-0.2, 0) is 11.2 Å². The van der Waals surface area contributed by atoms with Gasteiger partial charge in [0, 0.05) is 36.3 Å². The Morgan fingerprint density at radius 3 is 3.07 bits per heavy atom. The van der Waals surface area contributed by atoms with Crippen LogP contribution < -0.4 is 16.0 Å². The summed E-state index contributed by atoms with van der Waals surface area (Å²) in [5.41, 5.74) is 10.6. The number of thioether (sulfide) groups is 1. The lowest BCUT2D eigenvalue weighted by Crippen LogP contribution is -2.42. The van der Waals surface area contributed by atoms with E-state index in [0.29, 0.717) is 0 Å². The normalized spacial score (nSPS) is 21.5. The highest BCUT2D eigenvalue weighted by Crippen LogP contribution is 2.32. The van der Waals surface area contributed by atoms with E-state index in [0.717, 1.165) is 45.9 Å². The highest BCUT2D eigenvalue weighted by molar-refractivity contribution is 8.04. The van der Waals surface area contributed by atoms with E-state index in [9.17, 15) is 4.79 Å². The first-order valence-corrected chi connectivity index (χ1v) is 10.4. The number of nitrogens with one attached hydrogen (secondary N) is 2. The van der Waals surface area contributed by atoms with Crippen LogP contribution in [0.4, 0.5) is 5.69 Å². The average molecular weight is 392 g/mol. The molecular weight excluding hydrogens is 370 g/mol. The van der Waals surface area contributed by atoms with Crippen LogP contribution in [0.1, 0.15) is 17.2 Å². The van der Waals surface area contributed by atoms with Crippen molar-refractivity contribution in [2.75, 3.05) is 17.2 Å². The van der Waals surface area contributed by atoms with E-state index in [1.54, 1.807) is 18.0 Å². The lowest BCUT2D eigenvalue weighted by Gasteiger charge is -2.27. The number of nitrogens with two attached hydrogens (primary N) is 1. The summed E-state index contributed by atoms with van der Waals surface area (Å²) in [6, 6.07) is 11.9. The minimum Gasteiger partial charge on any atom is -0.347 e. The van der Waals surface area contributed by atoms with Gasteiger partial charge in [0.2, 0.25) is 0 Å². The Bertz CT molecular complexity index is 1080. The molecule has 2 aromatic heterocycles. The lowest BCUT2D eigenvalue weighted by atomic mass is 10.1. The molecule has 5 rings (SSSR count). The van der Waals surface area contributed by atoms with Gasteiger partial charge in [-0.25, -0.2) is 4.98 Å². The van der Waals surface area contributed by atoms with Crippen LogP contribution in [-0.4, -0.2) is 34.2 Å². The molecule has 0 fully saturated rings. The number of rotatable bonds is 3. The molecule has 0 spiro atoms. The molecule has 2 atom stereocenters. The fourth-order valence-electron chi connectivity index (χ4n) is 4.01. The molecule has 1 aromatic carbocycles. The Labute approximate surface area is 167 Å². The third-order valence-corrected chi connectivity index (χ3v) is 6.43. The first-order chi connectivity index (χ1) is 13.7. The SMILES string of the molecule is N[C@@H]1c2ccccc2C[C@H]1NC(=O)C1=CN(c2ccnc3[nH]ccc23)CCS1. The van der Waals surface area contributed by atoms with Gasteiger partial charge in [-0.15, -0.1) is 11.8 Å². The molecule has 1 aliphatic carbocycles. The van der Waals surface area contributed by atoms with Crippen molar-refractivity contribution >= 4 is 34.4 Å². The summed E-state index contributed by atoms with van der Waals surface area (Å²) in [5.74, 6) is 0.798. The summed E-state index contributed by atoms with van der Waals surface area (Å²) in [6.07, 6.45) is 6.40. The smallest absolute Gasteiger partial charge is 0.259 e. The van der Waals surface area contributed by atoms with Crippen molar-refractivity contribution < 1.29 is 4.79 Å². The van der Waals surface area contributed by atoms with Gasteiger partial charge in [0.15, 0.2) is 0 Å². The van der Waals surface area contributed by atoms with Crippen LogP contribution in [0.25, 0.3) is 11.0 Å². The average Bonchev–Trinajstić information content (AvgIpc) is 3.33. The molecule has 0 radical (unpaired) electrons. The standard InChI is InChI=1S/C21H21N5OS/c22-19-14-4-2-1-3-13(14)11-16(19)25-21(27)18-12-26(9-10-28-18)17-6-8-24-20-15(17)5-7-23-20/h1-8,12,16,19H,9-11,22H2,(H,23,24)(H,25,27)/t16-,19-/m1/s1. The first kappa shape index (κ1) is 17.3. The van der Waals surface area contributed by atoms with Gasteiger partial charge >= 0.3 is 0 Å². The predicted molar refractivity (Wildman–Crippen MR) is 113 cm³/mol. The highest BCUT2D eigenvalue weighted by Gasteiger charge is 2.31. The number of amides is 1. The molecule has 28 heavy (non-hydrogen) atoms. The number of H-pyrrole nitrogens is 1. The monoisotopic (exact) mass is 391 g/mol. The van der Waals surface area contributed by atoms with Crippen molar-refractivity contribution in [2.45, 2.75) is 18.5 Å². The number of aromatic nitrogens is 2. The molecule has 0 saturated carbocycles. The third kappa shape index (κ3) is 2.96. The zero-order chi connectivity index (χ0) is 19.1. The fraction of sp³-hybridized carbons (Fsp3) is 0.238. The fourth-order valence-corrected chi connectivity index (χ4v) is 4.91. The largest absolute Gasteiger partial charge is 0.347 e. The molecule has 2 aliphatic rings. The van der Waals surface area contributed by atoms with Crippen molar-refractivity contribution in [3.63, 3.8) is 0 Å². The summed E-state index contributed by atoms with van der Waals surface area (Å²) in [4.78, 5) is 23.3. The second-order valence-electron chi connectivity index (χ2n) is 7.11. The van der Waals surface area contributed by atoms with Gasteiger partial charge in [0.05, 0.1) is 22.7 Å². The molecule has 3 heterocycles. The number of nitrogens with zero attached hydrogens (tertiary/aromatic N) is 2. The number of aromatic amines is 1. The number of hydrogen-bond acceptors (Lipinski definition) is 5. The minimum atomic E-state index is -0.162.